The average Bonchev–Trinajstić information content (AvgIpc) is 2.37. The van der Waals surface area contributed by atoms with Crippen molar-refractivity contribution in [2.75, 3.05) is 13.7 Å². The van der Waals surface area contributed by atoms with Crippen molar-refractivity contribution in [2.45, 2.75) is 25.4 Å². The lowest BCUT2D eigenvalue weighted by Crippen LogP contribution is -2.22. The summed E-state index contributed by atoms with van der Waals surface area (Å²) in [5.74, 6) is -0.592. The van der Waals surface area contributed by atoms with E-state index < -0.39 is 18.4 Å². The Morgan fingerprint density at radius 1 is 1.16 bits per heavy atom. The molecule has 0 spiro atoms. The van der Waals surface area contributed by atoms with Gasteiger partial charge >= 0.3 is 6.18 Å². The molecule has 1 aromatic rings. The molecule has 0 N–H and O–H groups in total. The molecule has 0 fully saturated rings. The zero-order valence-corrected chi connectivity index (χ0v) is 10.5. The predicted molar refractivity (Wildman–Crippen MR) is 63.4 cm³/mol. The van der Waals surface area contributed by atoms with Gasteiger partial charge in [-0.05, 0) is 25.0 Å². The summed E-state index contributed by atoms with van der Waals surface area (Å²) in [6.07, 6.45) is -4.71. The minimum absolute atomic E-state index is 0.146. The second kappa shape index (κ2) is 7.01. The summed E-state index contributed by atoms with van der Waals surface area (Å²) < 4.78 is 46.2. The zero-order valence-electron chi connectivity index (χ0n) is 10.5. The molecule has 0 radical (unpaired) electrons. The van der Waals surface area contributed by atoms with Crippen molar-refractivity contribution >= 4 is 5.78 Å². The van der Waals surface area contributed by atoms with Gasteiger partial charge in [0.2, 0.25) is 5.78 Å². The van der Waals surface area contributed by atoms with Gasteiger partial charge in [0.1, 0.15) is 0 Å². The maximum atomic E-state index is 11.9. The number of para-hydroxylation sites is 2. The molecule has 0 aromatic heterocycles. The number of ketones is 1. The maximum absolute atomic E-state index is 11.9. The fraction of sp³-hybridized carbons (Fsp3) is 0.462. The van der Waals surface area contributed by atoms with Crippen LogP contribution in [0.2, 0.25) is 0 Å². The van der Waals surface area contributed by atoms with Gasteiger partial charge in [-0.1, -0.05) is 12.1 Å². The molecule has 0 amide bonds. The summed E-state index contributed by atoms with van der Waals surface area (Å²) in [6.45, 7) is 0.242. The Balaban J connectivity index is 2.26. The number of methoxy groups -OCH3 is 1. The molecule has 0 unspecified atom stereocenters. The number of unbranched alkanes of at least 4 members (excludes halogenated alkanes) is 1. The van der Waals surface area contributed by atoms with Crippen LogP contribution in [0.1, 0.15) is 19.3 Å². The van der Waals surface area contributed by atoms with Crippen LogP contribution >= 0.6 is 0 Å². The van der Waals surface area contributed by atoms with Crippen molar-refractivity contribution in [3.05, 3.63) is 24.3 Å². The second-order valence-corrected chi connectivity index (χ2v) is 3.88. The number of alkyl halides is 3. The number of rotatable bonds is 7. The third-order valence-electron chi connectivity index (χ3n) is 2.44. The number of carbonyl (C=O) groups is 1. The highest BCUT2D eigenvalue weighted by molar-refractivity contribution is 5.83. The van der Waals surface area contributed by atoms with Gasteiger partial charge in [0.15, 0.2) is 11.5 Å². The smallest absolute Gasteiger partial charge is 0.449 e. The SMILES string of the molecule is COc1ccccc1OCCCCC(=O)C(F)(F)F. The quantitative estimate of drug-likeness (QED) is 0.716. The molecule has 0 saturated heterocycles. The van der Waals surface area contributed by atoms with Crippen LogP contribution in [-0.2, 0) is 4.79 Å². The third-order valence-corrected chi connectivity index (χ3v) is 2.44. The molecule has 0 saturated carbocycles. The van der Waals surface area contributed by atoms with Crippen molar-refractivity contribution < 1.29 is 27.4 Å². The van der Waals surface area contributed by atoms with Crippen LogP contribution in [0.5, 0.6) is 11.5 Å². The lowest BCUT2D eigenvalue weighted by atomic mass is 10.2. The molecule has 1 aromatic carbocycles. The van der Waals surface area contributed by atoms with E-state index in [1.165, 1.54) is 7.11 Å². The molecule has 3 nitrogen and oxygen atoms in total. The molecule has 1 rings (SSSR count). The van der Waals surface area contributed by atoms with Crippen LogP contribution in [0, 0.1) is 0 Å². The Labute approximate surface area is 109 Å². The Bertz CT molecular complexity index is 416. The molecule has 0 heterocycles. The predicted octanol–water partition coefficient (Wildman–Crippen LogP) is 3.38. The number of hydrogen-bond donors (Lipinski definition) is 0. The number of hydrogen-bond acceptors (Lipinski definition) is 3. The van der Waals surface area contributed by atoms with Gasteiger partial charge in [-0.2, -0.15) is 13.2 Å². The molecule has 106 valence electrons. The summed E-state index contributed by atoms with van der Waals surface area (Å²) in [7, 11) is 1.50. The van der Waals surface area contributed by atoms with Crippen molar-refractivity contribution in [2.24, 2.45) is 0 Å². The summed E-state index contributed by atoms with van der Waals surface area (Å²) in [5, 5.41) is 0. The standard InChI is InChI=1S/C13H15F3O3/c1-18-10-6-2-3-7-11(10)19-9-5-4-8-12(17)13(14,15)16/h2-3,6-7H,4-5,8-9H2,1H3. The molecule has 0 aliphatic rings. The minimum atomic E-state index is -4.73. The second-order valence-electron chi connectivity index (χ2n) is 3.88. The van der Waals surface area contributed by atoms with Gasteiger partial charge in [-0.25, -0.2) is 0 Å². The maximum Gasteiger partial charge on any atom is 0.449 e. The van der Waals surface area contributed by atoms with Crippen molar-refractivity contribution in [3.63, 3.8) is 0 Å². The number of halogens is 3. The third kappa shape index (κ3) is 5.19. The topological polar surface area (TPSA) is 35.5 Å². The van der Waals surface area contributed by atoms with Gasteiger partial charge in [0, 0.05) is 6.42 Å². The van der Waals surface area contributed by atoms with Crippen LogP contribution in [0.3, 0.4) is 0 Å². The number of benzene rings is 1. The molecule has 0 aliphatic carbocycles. The average molecular weight is 276 g/mol. The highest BCUT2D eigenvalue weighted by Gasteiger charge is 2.37. The molecule has 0 aliphatic heterocycles. The Morgan fingerprint density at radius 3 is 2.37 bits per heavy atom. The lowest BCUT2D eigenvalue weighted by Gasteiger charge is -2.10. The van der Waals surface area contributed by atoms with E-state index >= 15 is 0 Å². The molecule has 19 heavy (non-hydrogen) atoms. The fourth-order valence-electron chi connectivity index (χ4n) is 1.45. The number of carbonyl (C=O) groups excluding carboxylic acids is 1. The van der Waals surface area contributed by atoms with Crippen LogP contribution in [0.4, 0.5) is 13.2 Å². The Morgan fingerprint density at radius 2 is 1.79 bits per heavy atom. The van der Waals surface area contributed by atoms with Gasteiger partial charge in [-0.3, -0.25) is 4.79 Å². The molecule has 0 atom stereocenters. The van der Waals surface area contributed by atoms with E-state index in [1.807, 2.05) is 0 Å². The van der Waals surface area contributed by atoms with E-state index in [1.54, 1.807) is 24.3 Å². The van der Waals surface area contributed by atoms with E-state index in [0.29, 0.717) is 17.9 Å². The van der Waals surface area contributed by atoms with Crippen molar-refractivity contribution in [3.8, 4) is 11.5 Å². The van der Waals surface area contributed by atoms with Crippen LogP contribution in [0.25, 0.3) is 0 Å². The number of ether oxygens (including phenoxy) is 2. The van der Waals surface area contributed by atoms with Gasteiger partial charge < -0.3 is 9.47 Å². The van der Waals surface area contributed by atoms with E-state index in [-0.39, 0.29) is 13.0 Å². The molecule has 6 heteroatoms. The summed E-state index contributed by atoms with van der Waals surface area (Å²) in [4.78, 5) is 10.6. The largest absolute Gasteiger partial charge is 0.493 e. The van der Waals surface area contributed by atoms with E-state index in [0.717, 1.165) is 0 Å². The number of Topliss-reactive ketones (excluding diaryl/α,β-unsaturated/α-hetero) is 1. The van der Waals surface area contributed by atoms with E-state index in [9.17, 15) is 18.0 Å². The fourth-order valence-corrected chi connectivity index (χ4v) is 1.45. The highest BCUT2D eigenvalue weighted by atomic mass is 19.4. The Kier molecular flexibility index (Phi) is 5.66. The summed E-state index contributed by atoms with van der Waals surface area (Å²) in [5.41, 5.74) is 0. The molecule has 0 bridgehead atoms. The van der Waals surface area contributed by atoms with E-state index in [2.05, 4.69) is 0 Å². The zero-order chi connectivity index (χ0) is 14.3. The first kappa shape index (κ1) is 15.3. The van der Waals surface area contributed by atoms with Crippen LogP contribution in [0.15, 0.2) is 24.3 Å². The first-order valence-corrected chi connectivity index (χ1v) is 5.81. The summed E-state index contributed by atoms with van der Waals surface area (Å²) >= 11 is 0. The first-order chi connectivity index (χ1) is 8.95. The molecular weight excluding hydrogens is 261 g/mol. The monoisotopic (exact) mass is 276 g/mol. The van der Waals surface area contributed by atoms with Crippen molar-refractivity contribution in [1.29, 1.82) is 0 Å². The van der Waals surface area contributed by atoms with Crippen LogP contribution in [-0.4, -0.2) is 25.7 Å². The summed E-state index contributed by atoms with van der Waals surface area (Å²) in [6, 6.07) is 6.99. The van der Waals surface area contributed by atoms with Gasteiger partial charge in [0.05, 0.1) is 13.7 Å². The highest BCUT2D eigenvalue weighted by Crippen LogP contribution is 2.26. The lowest BCUT2D eigenvalue weighted by molar-refractivity contribution is -0.171. The van der Waals surface area contributed by atoms with Gasteiger partial charge in [0.25, 0.3) is 0 Å². The van der Waals surface area contributed by atoms with Gasteiger partial charge in [-0.15, -0.1) is 0 Å². The molecular formula is C13H15F3O3. The minimum Gasteiger partial charge on any atom is -0.493 e. The Hall–Kier alpha value is -1.72. The van der Waals surface area contributed by atoms with E-state index in [4.69, 9.17) is 9.47 Å². The normalized spacial score (nSPS) is 11.2. The van der Waals surface area contributed by atoms with Crippen molar-refractivity contribution in [1.82, 2.24) is 0 Å². The first-order valence-electron chi connectivity index (χ1n) is 5.81. The van der Waals surface area contributed by atoms with Crippen LogP contribution < -0.4 is 9.47 Å².